The summed E-state index contributed by atoms with van der Waals surface area (Å²) in [5.41, 5.74) is 13.5. The van der Waals surface area contributed by atoms with E-state index in [0.717, 1.165) is 17.7 Å². The summed E-state index contributed by atoms with van der Waals surface area (Å²) in [5.74, 6) is 0.440. The lowest BCUT2D eigenvalue weighted by Gasteiger charge is -2.20. The van der Waals surface area contributed by atoms with Gasteiger partial charge in [-0.2, -0.15) is 5.53 Å². The lowest BCUT2D eigenvalue weighted by atomic mass is 10.0. The molecule has 2 aromatic carbocycles. The van der Waals surface area contributed by atoms with Crippen LogP contribution in [-0.2, 0) is 17.8 Å². The summed E-state index contributed by atoms with van der Waals surface area (Å²) in [6, 6.07) is 16.2. The van der Waals surface area contributed by atoms with Crippen LogP contribution in [0.25, 0.3) is 0 Å². The summed E-state index contributed by atoms with van der Waals surface area (Å²) >= 11 is 0. The number of aryl methyl sites for hydroxylation is 1. The van der Waals surface area contributed by atoms with Crippen LogP contribution in [-0.4, -0.2) is 18.1 Å². The summed E-state index contributed by atoms with van der Waals surface area (Å²) in [7, 11) is 0. The van der Waals surface area contributed by atoms with Gasteiger partial charge in [0.25, 0.3) is 0 Å². The van der Waals surface area contributed by atoms with E-state index in [0.29, 0.717) is 12.5 Å². The minimum absolute atomic E-state index is 0.0666. The van der Waals surface area contributed by atoms with E-state index in [9.17, 15) is 4.79 Å². The molecule has 1 aliphatic heterocycles. The molecule has 27 heavy (non-hydrogen) atoms. The summed E-state index contributed by atoms with van der Waals surface area (Å²) in [6.07, 6.45) is 0.759. The Labute approximate surface area is 161 Å². The number of carbonyl (C=O) groups is 1. The molecule has 2 atom stereocenters. The van der Waals surface area contributed by atoms with E-state index in [1.807, 2.05) is 12.1 Å². The molecule has 144 valence electrons. The summed E-state index contributed by atoms with van der Waals surface area (Å²) in [6.45, 7) is 6.98. The van der Waals surface area contributed by atoms with Gasteiger partial charge >= 0.3 is 0 Å². The lowest BCUT2D eigenvalue weighted by Crippen LogP contribution is -2.50. The molecule has 0 bridgehead atoms. The molecule has 0 saturated carbocycles. The third kappa shape index (κ3) is 5.07. The van der Waals surface area contributed by atoms with E-state index >= 15 is 0 Å². The number of anilines is 1. The molecule has 0 aromatic heterocycles. The molecule has 1 fully saturated rings. The average Bonchev–Trinajstić information content (AvgIpc) is 3.15. The van der Waals surface area contributed by atoms with E-state index in [1.54, 1.807) is 0 Å². The van der Waals surface area contributed by atoms with Gasteiger partial charge in [-0.1, -0.05) is 57.2 Å². The second kappa shape index (κ2) is 8.99. The zero-order valence-corrected chi connectivity index (χ0v) is 16.2. The molecular formula is C21H29N5O. The Morgan fingerprint density at radius 2 is 1.67 bits per heavy atom. The van der Waals surface area contributed by atoms with Gasteiger partial charge in [-0.15, -0.1) is 0 Å². The van der Waals surface area contributed by atoms with Crippen molar-refractivity contribution in [1.29, 1.82) is 0 Å². The van der Waals surface area contributed by atoms with Crippen molar-refractivity contribution in [2.24, 2.45) is 0 Å². The van der Waals surface area contributed by atoms with Crippen molar-refractivity contribution >= 4 is 11.6 Å². The number of benzene rings is 2. The number of amides is 1. The summed E-state index contributed by atoms with van der Waals surface area (Å²) < 4.78 is 0. The number of nitrogens with one attached hydrogen (secondary N) is 5. The van der Waals surface area contributed by atoms with Gasteiger partial charge < -0.3 is 10.6 Å². The van der Waals surface area contributed by atoms with Crippen molar-refractivity contribution in [1.82, 2.24) is 21.7 Å². The quantitative estimate of drug-likeness (QED) is 0.520. The molecular weight excluding hydrogens is 338 g/mol. The Morgan fingerprint density at radius 3 is 2.30 bits per heavy atom. The van der Waals surface area contributed by atoms with E-state index in [2.05, 4.69) is 84.2 Å². The molecule has 1 heterocycles. The van der Waals surface area contributed by atoms with Gasteiger partial charge in [0.1, 0.15) is 12.2 Å². The van der Waals surface area contributed by atoms with E-state index < -0.39 is 6.04 Å². The number of hydrogen-bond donors (Lipinski definition) is 5. The number of carbonyl (C=O) groups excluding carboxylic acids is 1. The third-order valence-electron chi connectivity index (χ3n) is 4.87. The molecule has 6 heteroatoms. The van der Waals surface area contributed by atoms with Crippen LogP contribution in [0.3, 0.4) is 0 Å². The predicted octanol–water partition coefficient (Wildman–Crippen LogP) is 2.41. The average molecular weight is 367 g/mol. The second-order valence-electron chi connectivity index (χ2n) is 7.18. The Hall–Kier alpha value is -2.41. The van der Waals surface area contributed by atoms with Gasteiger partial charge in [0.05, 0.1) is 0 Å². The zero-order chi connectivity index (χ0) is 19.2. The Bertz CT molecular complexity index is 742. The molecule has 3 rings (SSSR count). The van der Waals surface area contributed by atoms with E-state index in [1.165, 1.54) is 11.1 Å². The van der Waals surface area contributed by atoms with Crippen LogP contribution in [0.15, 0.2) is 48.5 Å². The Morgan fingerprint density at radius 1 is 1.00 bits per heavy atom. The monoisotopic (exact) mass is 367 g/mol. The minimum atomic E-state index is -0.425. The number of rotatable bonds is 7. The maximum absolute atomic E-state index is 12.6. The minimum Gasteiger partial charge on any atom is -0.367 e. The van der Waals surface area contributed by atoms with Crippen LogP contribution < -0.4 is 27.0 Å². The van der Waals surface area contributed by atoms with Crippen LogP contribution in [0.5, 0.6) is 0 Å². The fourth-order valence-electron chi connectivity index (χ4n) is 3.04. The SMILES string of the molecule is CCc1ccc(NC2NNNC2C(=O)NCc2ccc(C(C)C)cc2)cc1. The van der Waals surface area contributed by atoms with Crippen molar-refractivity contribution in [2.45, 2.75) is 51.9 Å². The standard InChI is InChI=1S/C21H29N5O/c1-4-15-7-11-18(12-8-15)23-20-19(24-26-25-20)21(27)22-13-16-5-9-17(10-6-16)14(2)3/h5-12,14,19-20,23-26H,4,13H2,1-3H3,(H,22,27). The highest BCUT2D eigenvalue weighted by Gasteiger charge is 2.32. The van der Waals surface area contributed by atoms with Gasteiger partial charge in [-0.05, 0) is 41.2 Å². The van der Waals surface area contributed by atoms with Crippen LogP contribution in [0.4, 0.5) is 5.69 Å². The highest BCUT2D eigenvalue weighted by atomic mass is 16.2. The Kier molecular flexibility index (Phi) is 6.45. The molecule has 1 amide bonds. The maximum Gasteiger partial charge on any atom is 0.242 e. The largest absolute Gasteiger partial charge is 0.367 e. The molecule has 2 unspecified atom stereocenters. The summed E-state index contributed by atoms with van der Waals surface area (Å²) in [4.78, 5) is 12.6. The zero-order valence-electron chi connectivity index (χ0n) is 16.2. The molecule has 1 aliphatic rings. The predicted molar refractivity (Wildman–Crippen MR) is 109 cm³/mol. The van der Waals surface area contributed by atoms with Gasteiger partial charge in [0.2, 0.25) is 5.91 Å². The molecule has 2 aromatic rings. The fourth-order valence-corrected chi connectivity index (χ4v) is 3.04. The Balaban J connectivity index is 1.54. The van der Waals surface area contributed by atoms with Crippen LogP contribution in [0, 0.1) is 0 Å². The van der Waals surface area contributed by atoms with Crippen molar-refractivity contribution < 1.29 is 4.79 Å². The lowest BCUT2D eigenvalue weighted by molar-refractivity contribution is -0.123. The third-order valence-corrected chi connectivity index (χ3v) is 4.87. The van der Waals surface area contributed by atoms with E-state index in [4.69, 9.17) is 0 Å². The fraction of sp³-hybridized carbons (Fsp3) is 0.381. The number of hydrazine groups is 2. The number of hydrogen-bond acceptors (Lipinski definition) is 5. The van der Waals surface area contributed by atoms with Gasteiger partial charge in [-0.3, -0.25) is 4.79 Å². The first kappa shape index (κ1) is 19.4. The molecule has 0 radical (unpaired) electrons. The first-order valence-electron chi connectivity index (χ1n) is 9.55. The molecule has 0 aliphatic carbocycles. The van der Waals surface area contributed by atoms with Crippen molar-refractivity contribution in [3.8, 4) is 0 Å². The molecule has 1 saturated heterocycles. The van der Waals surface area contributed by atoms with Gasteiger partial charge in [0.15, 0.2) is 0 Å². The first-order chi connectivity index (χ1) is 13.1. The second-order valence-corrected chi connectivity index (χ2v) is 7.18. The first-order valence-corrected chi connectivity index (χ1v) is 9.55. The highest BCUT2D eigenvalue weighted by Crippen LogP contribution is 2.15. The van der Waals surface area contributed by atoms with Crippen LogP contribution in [0.1, 0.15) is 43.4 Å². The van der Waals surface area contributed by atoms with Crippen molar-refractivity contribution in [2.75, 3.05) is 5.32 Å². The normalized spacial score (nSPS) is 19.3. The van der Waals surface area contributed by atoms with Gasteiger partial charge in [-0.25, -0.2) is 10.9 Å². The van der Waals surface area contributed by atoms with Crippen molar-refractivity contribution in [3.63, 3.8) is 0 Å². The van der Waals surface area contributed by atoms with Crippen LogP contribution in [0.2, 0.25) is 0 Å². The smallest absolute Gasteiger partial charge is 0.242 e. The molecule has 0 spiro atoms. The molecule has 6 nitrogen and oxygen atoms in total. The van der Waals surface area contributed by atoms with Gasteiger partial charge in [0, 0.05) is 12.2 Å². The highest BCUT2D eigenvalue weighted by molar-refractivity contribution is 5.83. The van der Waals surface area contributed by atoms with E-state index in [-0.39, 0.29) is 12.1 Å². The summed E-state index contributed by atoms with van der Waals surface area (Å²) in [5, 5.41) is 6.35. The van der Waals surface area contributed by atoms with Crippen LogP contribution >= 0.6 is 0 Å². The topological polar surface area (TPSA) is 77.2 Å². The van der Waals surface area contributed by atoms with Crippen molar-refractivity contribution in [3.05, 3.63) is 65.2 Å². The maximum atomic E-state index is 12.6. The molecule has 5 N–H and O–H groups in total.